The highest BCUT2D eigenvalue weighted by Crippen LogP contribution is 2.34. The fourth-order valence-electron chi connectivity index (χ4n) is 2.92. The first kappa shape index (κ1) is 16.0. The van der Waals surface area contributed by atoms with Gasteiger partial charge in [0, 0.05) is 7.05 Å². The first-order valence-corrected chi connectivity index (χ1v) is 8.50. The molecule has 3 heteroatoms. The lowest BCUT2D eigenvalue weighted by Gasteiger charge is -2.14. The largest absolute Gasteiger partial charge is 0.365 e. The summed E-state index contributed by atoms with van der Waals surface area (Å²) in [6.07, 6.45) is 9.11. The lowest BCUT2D eigenvalue weighted by atomic mass is 9.91. The van der Waals surface area contributed by atoms with E-state index in [1.165, 1.54) is 35.3 Å². The van der Waals surface area contributed by atoms with Crippen LogP contribution < -0.4 is 5.32 Å². The number of nitrogens with one attached hydrogen (secondary N) is 1. The number of hydrogen-bond acceptors (Lipinski definition) is 3. The van der Waals surface area contributed by atoms with Crippen LogP contribution in [0.25, 0.3) is 6.08 Å². The minimum Gasteiger partial charge on any atom is -0.365 e. The fourth-order valence-corrected chi connectivity index (χ4v) is 3.74. The van der Waals surface area contributed by atoms with Crippen molar-refractivity contribution in [2.75, 3.05) is 12.4 Å². The van der Waals surface area contributed by atoms with E-state index < -0.39 is 0 Å². The summed E-state index contributed by atoms with van der Waals surface area (Å²) in [6.45, 7) is 12.9. The van der Waals surface area contributed by atoms with Gasteiger partial charge in [-0.3, -0.25) is 0 Å². The van der Waals surface area contributed by atoms with Gasteiger partial charge >= 0.3 is 0 Å². The van der Waals surface area contributed by atoms with E-state index in [2.05, 4.69) is 49.5 Å². The Morgan fingerprint density at radius 1 is 1.38 bits per heavy atom. The lowest BCUT2D eigenvalue weighted by Crippen LogP contribution is -2.01. The summed E-state index contributed by atoms with van der Waals surface area (Å²) in [7, 11) is 1.91. The number of nitrogens with zero attached hydrogens (tertiary/aromatic N) is 1. The van der Waals surface area contributed by atoms with Crippen molar-refractivity contribution in [3.8, 4) is 0 Å². The van der Waals surface area contributed by atoms with Crippen molar-refractivity contribution in [1.29, 1.82) is 0 Å². The van der Waals surface area contributed by atoms with Crippen molar-refractivity contribution >= 4 is 22.5 Å². The van der Waals surface area contributed by atoms with Gasteiger partial charge in [-0.25, -0.2) is 4.98 Å². The summed E-state index contributed by atoms with van der Waals surface area (Å²) in [5.41, 5.74) is 3.68. The first-order chi connectivity index (χ1) is 9.99. The average molecular weight is 302 g/mol. The number of rotatable bonds is 4. The summed E-state index contributed by atoms with van der Waals surface area (Å²) in [6, 6.07) is 0. The molecule has 0 amide bonds. The molecule has 1 aliphatic carbocycles. The Morgan fingerprint density at radius 2 is 2.14 bits per heavy atom. The number of aromatic nitrogens is 1. The molecule has 2 nitrogen and oxygen atoms in total. The van der Waals surface area contributed by atoms with Gasteiger partial charge in [0.25, 0.3) is 0 Å². The summed E-state index contributed by atoms with van der Waals surface area (Å²) >= 11 is 1.69. The smallest absolute Gasteiger partial charge is 0.183 e. The molecule has 1 fully saturated rings. The summed E-state index contributed by atoms with van der Waals surface area (Å²) in [5, 5.41) is 4.06. The molecule has 1 aromatic rings. The molecule has 114 valence electrons. The summed E-state index contributed by atoms with van der Waals surface area (Å²) < 4.78 is 0. The standard InChI is InChI=1S/C18H26N2S/c1-12-6-8-16(11-13(2)10-12)14(3)7-9-17-15(4)20-18(19-5)21-17/h7,9,12,16H,2-3,6,8,10-11H2,1,4-5H3,(H,19,20)/b9-7-. The molecular formula is C18H26N2S. The molecule has 0 saturated heterocycles. The number of allylic oxidation sites excluding steroid dienone is 3. The van der Waals surface area contributed by atoms with Crippen molar-refractivity contribution in [1.82, 2.24) is 4.98 Å². The van der Waals surface area contributed by atoms with Crippen LogP contribution in [0.15, 0.2) is 30.4 Å². The van der Waals surface area contributed by atoms with Gasteiger partial charge in [-0.1, -0.05) is 48.6 Å². The van der Waals surface area contributed by atoms with Crippen molar-refractivity contribution in [2.45, 2.75) is 39.5 Å². The second kappa shape index (κ2) is 7.08. The van der Waals surface area contributed by atoms with E-state index in [-0.39, 0.29) is 0 Å². The molecular weight excluding hydrogens is 276 g/mol. The molecule has 2 rings (SSSR count). The SMILES string of the molecule is C=C1CC(C)CCC(C(=C)/C=C\c2sc(NC)nc2C)C1. The van der Waals surface area contributed by atoms with Crippen LogP contribution in [0.4, 0.5) is 5.13 Å². The molecule has 1 saturated carbocycles. The van der Waals surface area contributed by atoms with Crippen LogP contribution in [-0.2, 0) is 0 Å². The van der Waals surface area contributed by atoms with E-state index in [0.717, 1.165) is 23.2 Å². The average Bonchev–Trinajstić information content (AvgIpc) is 2.71. The molecule has 1 heterocycles. The Kier molecular flexibility index (Phi) is 5.40. The third-order valence-corrected chi connectivity index (χ3v) is 5.34. The Balaban J connectivity index is 2.04. The van der Waals surface area contributed by atoms with E-state index >= 15 is 0 Å². The maximum Gasteiger partial charge on any atom is 0.183 e. The highest BCUT2D eigenvalue weighted by Gasteiger charge is 2.19. The molecule has 0 spiro atoms. The monoisotopic (exact) mass is 302 g/mol. The van der Waals surface area contributed by atoms with Gasteiger partial charge in [-0.2, -0.15) is 0 Å². The molecule has 0 aromatic carbocycles. The van der Waals surface area contributed by atoms with Gasteiger partial charge in [0.05, 0.1) is 10.6 Å². The zero-order valence-electron chi connectivity index (χ0n) is 13.4. The van der Waals surface area contributed by atoms with Crippen LogP contribution in [0, 0.1) is 18.8 Å². The molecule has 1 aromatic heterocycles. The van der Waals surface area contributed by atoms with Gasteiger partial charge in [-0.15, -0.1) is 0 Å². The van der Waals surface area contributed by atoms with Crippen molar-refractivity contribution in [2.24, 2.45) is 11.8 Å². The third kappa shape index (κ3) is 4.31. The molecule has 1 N–H and O–H groups in total. The number of aryl methyl sites for hydroxylation is 1. The number of thiazole rings is 1. The van der Waals surface area contributed by atoms with Crippen molar-refractivity contribution < 1.29 is 0 Å². The van der Waals surface area contributed by atoms with Gasteiger partial charge < -0.3 is 5.32 Å². The van der Waals surface area contributed by atoms with Crippen LogP contribution in [-0.4, -0.2) is 12.0 Å². The van der Waals surface area contributed by atoms with Crippen LogP contribution in [0.3, 0.4) is 0 Å². The van der Waals surface area contributed by atoms with E-state index in [1.54, 1.807) is 11.3 Å². The van der Waals surface area contributed by atoms with Gasteiger partial charge in [0.1, 0.15) is 0 Å². The highest BCUT2D eigenvalue weighted by molar-refractivity contribution is 7.16. The fraction of sp³-hybridized carbons (Fsp3) is 0.500. The molecule has 0 radical (unpaired) electrons. The lowest BCUT2D eigenvalue weighted by molar-refractivity contribution is 0.493. The topological polar surface area (TPSA) is 24.9 Å². The Bertz CT molecular complexity index is 554. The zero-order valence-corrected chi connectivity index (χ0v) is 14.2. The van der Waals surface area contributed by atoms with E-state index in [0.29, 0.717) is 5.92 Å². The maximum absolute atomic E-state index is 4.47. The Labute approximate surface area is 132 Å². The second-order valence-corrected chi connectivity index (χ2v) is 7.20. The quantitative estimate of drug-likeness (QED) is 0.455. The van der Waals surface area contributed by atoms with Crippen LogP contribution in [0.1, 0.15) is 43.2 Å². The van der Waals surface area contributed by atoms with Crippen LogP contribution in [0.2, 0.25) is 0 Å². The van der Waals surface area contributed by atoms with Crippen molar-refractivity contribution in [3.05, 3.63) is 41.0 Å². The zero-order chi connectivity index (χ0) is 15.4. The van der Waals surface area contributed by atoms with Crippen LogP contribution in [0.5, 0.6) is 0 Å². The number of anilines is 1. The maximum atomic E-state index is 4.47. The highest BCUT2D eigenvalue weighted by atomic mass is 32.1. The number of hydrogen-bond donors (Lipinski definition) is 1. The van der Waals surface area contributed by atoms with Gasteiger partial charge in [0.2, 0.25) is 0 Å². The molecule has 2 atom stereocenters. The Morgan fingerprint density at radius 3 is 2.81 bits per heavy atom. The molecule has 0 aliphatic heterocycles. The third-order valence-electron chi connectivity index (χ3n) is 4.20. The summed E-state index contributed by atoms with van der Waals surface area (Å²) in [5.74, 6) is 1.32. The predicted octanol–water partition coefficient (Wildman–Crippen LogP) is 5.45. The van der Waals surface area contributed by atoms with E-state index in [1.807, 2.05) is 7.05 Å². The minimum atomic E-state index is 0.552. The normalized spacial score (nSPS) is 23.3. The molecule has 1 aliphatic rings. The summed E-state index contributed by atoms with van der Waals surface area (Å²) in [4.78, 5) is 5.68. The molecule has 0 bridgehead atoms. The first-order valence-electron chi connectivity index (χ1n) is 7.68. The van der Waals surface area contributed by atoms with Crippen LogP contribution >= 0.6 is 11.3 Å². The minimum absolute atomic E-state index is 0.552. The van der Waals surface area contributed by atoms with Gasteiger partial charge in [-0.05, 0) is 50.5 Å². The second-order valence-electron chi connectivity index (χ2n) is 6.16. The Hall–Kier alpha value is -1.35. The predicted molar refractivity (Wildman–Crippen MR) is 94.8 cm³/mol. The van der Waals surface area contributed by atoms with Gasteiger partial charge in [0.15, 0.2) is 5.13 Å². The van der Waals surface area contributed by atoms with E-state index in [9.17, 15) is 0 Å². The molecule has 21 heavy (non-hydrogen) atoms. The van der Waals surface area contributed by atoms with Crippen molar-refractivity contribution in [3.63, 3.8) is 0 Å². The van der Waals surface area contributed by atoms with E-state index in [4.69, 9.17) is 0 Å². The molecule has 2 unspecified atom stereocenters.